The molecule has 6 N–H and O–H groups in total. The minimum absolute atomic E-state index is 0.498. The third-order valence-corrected chi connectivity index (χ3v) is 2.60. The molecule has 1 aromatic rings. The lowest BCUT2D eigenvalue weighted by molar-refractivity contribution is 0.249. The van der Waals surface area contributed by atoms with Gasteiger partial charge in [-0.05, 0) is 11.4 Å². The van der Waals surface area contributed by atoms with E-state index >= 15 is 0 Å². The largest absolute Gasteiger partial charge is 0.398 e. The third-order valence-electron chi connectivity index (χ3n) is 1.67. The molecule has 2 amide bonds. The van der Waals surface area contributed by atoms with Crippen LogP contribution in [0.5, 0.6) is 0 Å². The van der Waals surface area contributed by atoms with Crippen LogP contribution in [0.15, 0.2) is 11.4 Å². The van der Waals surface area contributed by atoms with Crippen molar-refractivity contribution in [3.8, 4) is 0 Å². The molecule has 0 aliphatic carbocycles. The molecule has 0 saturated carbocycles. The lowest BCUT2D eigenvalue weighted by atomic mass is 10.4. The smallest absolute Gasteiger partial charge is 0.312 e. The SMILES string of the molecule is NC(=O)NCCNCc1sccc1N. The molecule has 0 aliphatic heterocycles. The molecule has 6 heteroatoms. The van der Waals surface area contributed by atoms with Gasteiger partial charge in [-0.15, -0.1) is 11.3 Å². The maximum absolute atomic E-state index is 10.3. The van der Waals surface area contributed by atoms with E-state index in [1.54, 1.807) is 11.3 Å². The normalized spacial score (nSPS) is 10.0. The van der Waals surface area contributed by atoms with Gasteiger partial charge in [-0.1, -0.05) is 0 Å². The van der Waals surface area contributed by atoms with Crippen LogP contribution in [0.2, 0.25) is 0 Å². The van der Waals surface area contributed by atoms with Crippen LogP contribution in [0, 0.1) is 0 Å². The van der Waals surface area contributed by atoms with Crippen LogP contribution < -0.4 is 22.1 Å². The van der Waals surface area contributed by atoms with Crippen molar-refractivity contribution >= 4 is 23.1 Å². The lowest BCUT2D eigenvalue weighted by Gasteiger charge is -2.04. The van der Waals surface area contributed by atoms with E-state index in [-0.39, 0.29) is 0 Å². The number of urea groups is 1. The fourth-order valence-electron chi connectivity index (χ4n) is 0.970. The fraction of sp³-hybridized carbons (Fsp3) is 0.375. The van der Waals surface area contributed by atoms with Crippen molar-refractivity contribution in [1.29, 1.82) is 0 Å². The summed E-state index contributed by atoms with van der Waals surface area (Å²) >= 11 is 1.61. The molecular weight excluding hydrogens is 200 g/mol. The summed E-state index contributed by atoms with van der Waals surface area (Å²) in [4.78, 5) is 11.4. The van der Waals surface area contributed by atoms with Crippen molar-refractivity contribution in [3.05, 3.63) is 16.3 Å². The maximum Gasteiger partial charge on any atom is 0.312 e. The minimum Gasteiger partial charge on any atom is -0.398 e. The highest BCUT2D eigenvalue weighted by Crippen LogP contribution is 2.17. The van der Waals surface area contributed by atoms with Crippen LogP contribution in [0.25, 0.3) is 0 Å². The van der Waals surface area contributed by atoms with Crippen LogP contribution in [-0.4, -0.2) is 19.1 Å². The van der Waals surface area contributed by atoms with Gasteiger partial charge in [0.05, 0.1) is 0 Å². The molecule has 5 nitrogen and oxygen atoms in total. The first-order valence-corrected chi connectivity index (χ1v) is 5.14. The monoisotopic (exact) mass is 214 g/mol. The summed E-state index contributed by atoms with van der Waals surface area (Å²) in [6.07, 6.45) is 0. The quantitative estimate of drug-likeness (QED) is 0.523. The Morgan fingerprint density at radius 1 is 1.50 bits per heavy atom. The Kier molecular flexibility index (Phi) is 4.21. The van der Waals surface area contributed by atoms with Gasteiger partial charge in [0.25, 0.3) is 0 Å². The zero-order valence-corrected chi connectivity index (χ0v) is 8.56. The summed E-state index contributed by atoms with van der Waals surface area (Å²) in [6, 6.07) is 1.38. The van der Waals surface area contributed by atoms with Crippen molar-refractivity contribution in [1.82, 2.24) is 10.6 Å². The number of primary amides is 1. The number of amides is 2. The van der Waals surface area contributed by atoms with E-state index in [9.17, 15) is 4.79 Å². The maximum atomic E-state index is 10.3. The van der Waals surface area contributed by atoms with Crippen LogP contribution >= 0.6 is 11.3 Å². The molecule has 0 fully saturated rings. The molecule has 1 rings (SSSR count). The molecule has 0 bridgehead atoms. The molecular formula is C8H14N4OS. The van der Waals surface area contributed by atoms with E-state index in [0.29, 0.717) is 13.1 Å². The van der Waals surface area contributed by atoms with Gasteiger partial charge in [0.2, 0.25) is 0 Å². The van der Waals surface area contributed by atoms with Crippen LogP contribution in [0.1, 0.15) is 4.88 Å². The Labute approximate surface area is 86.5 Å². The number of nitrogens with two attached hydrogens (primary N) is 2. The highest BCUT2D eigenvalue weighted by atomic mass is 32.1. The van der Waals surface area contributed by atoms with Crippen LogP contribution in [0.3, 0.4) is 0 Å². The first-order chi connectivity index (χ1) is 6.70. The first-order valence-electron chi connectivity index (χ1n) is 4.26. The summed E-state index contributed by atoms with van der Waals surface area (Å²) in [7, 11) is 0. The molecule has 0 aromatic carbocycles. The van der Waals surface area contributed by atoms with Crippen molar-refractivity contribution < 1.29 is 4.79 Å². The zero-order valence-electron chi connectivity index (χ0n) is 7.75. The van der Waals surface area contributed by atoms with E-state index in [1.807, 2.05) is 11.4 Å². The lowest BCUT2D eigenvalue weighted by Crippen LogP contribution is -2.35. The number of carbonyl (C=O) groups excluding carboxylic acids is 1. The second-order valence-corrected chi connectivity index (χ2v) is 3.77. The van der Waals surface area contributed by atoms with Crippen LogP contribution in [-0.2, 0) is 6.54 Å². The van der Waals surface area contributed by atoms with Gasteiger partial charge >= 0.3 is 6.03 Å². The number of nitrogen functional groups attached to an aromatic ring is 1. The first kappa shape index (κ1) is 10.8. The molecule has 0 radical (unpaired) electrons. The number of hydrogen-bond donors (Lipinski definition) is 4. The molecule has 0 saturated heterocycles. The molecule has 78 valence electrons. The number of carbonyl (C=O) groups is 1. The molecule has 14 heavy (non-hydrogen) atoms. The van der Waals surface area contributed by atoms with E-state index in [2.05, 4.69) is 10.6 Å². The summed E-state index contributed by atoms with van der Waals surface area (Å²) in [5.74, 6) is 0. The number of nitrogens with one attached hydrogen (secondary N) is 2. The molecule has 0 aliphatic rings. The predicted octanol–water partition coefficient (Wildman–Crippen LogP) is 0.0882. The van der Waals surface area contributed by atoms with E-state index in [4.69, 9.17) is 11.5 Å². The van der Waals surface area contributed by atoms with Crippen molar-refractivity contribution in [2.75, 3.05) is 18.8 Å². The van der Waals surface area contributed by atoms with Gasteiger partial charge in [-0.3, -0.25) is 0 Å². The summed E-state index contributed by atoms with van der Waals surface area (Å²) in [6.45, 7) is 1.94. The average molecular weight is 214 g/mol. The van der Waals surface area contributed by atoms with Crippen molar-refractivity contribution in [2.24, 2.45) is 5.73 Å². The molecule has 0 spiro atoms. The van der Waals surface area contributed by atoms with Gasteiger partial charge in [-0.2, -0.15) is 0 Å². The predicted molar refractivity (Wildman–Crippen MR) is 58.0 cm³/mol. The average Bonchev–Trinajstić information content (AvgIpc) is 2.51. The molecule has 1 aromatic heterocycles. The third kappa shape index (κ3) is 3.63. The highest BCUT2D eigenvalue weighted by molar-refractivity contribution is 7.10. The van der Waals surface area contributed by atoms with Gasteiger partial charge in [-0.25, -0.2) is 4.79 Å². The highest BCUT2D eigenvalue weighted by Gasteiger charge is 1.98. The second kappa shape index (κ2) is 5.46. The Morgan fingerprint density at radius 3 is 2.86 bits per heavy atom. The van der Waals surface area contributed by atoms with E-state index < -0.39 is 6.03 Å². The van der Waals surface area contributed by atoms with Gasteiger partial charge in [0, 0.05) is 30.2 Å². The van der Waals surface area contributed by atoms with Crippen molar-refractivity contribution in [3.63, 3.8) is 0 Å². The second-order valence-electron chi connectivity index (χ2n) is 2.77. The number of anilines is 1. The van der Waals surface area contributed by atoms with Gasteiger partial charge < -0.3 is 22.1 Å². The number of hydrogen-bond acceptors (Lipinski definition) is 4. The summed E-state index contributed by atoms with van der Waals surface area (Å²) < 4.78 is 0. The van der Waals surface area contributed by atoms with Gasteiger partial charge in [0.1, 0.15) is 0 Å². The standard InChI is InChI=1S/C8H14N4OS/c9-6-1-4-14-7(6)5-11-2-3-12-8(10)13/h1,4,11H,2-3,5,9H2,(H3,10,12,13). The molecule has 1 heterocycles. The summed E-state index contributed by atoms with van der Waals surface area (Å²) in [5, 5.41) is 7.59. The number of thiophene rings is 1. The van der Waals surface area contributed by atoms with Crippen molar-refractivity contribution in [2.45, 2.75) is 6.54 Å². The van der Waals surface area contributed by atoms with E-state index in [0.717, 1.165) is 17.1 Å². The van der Waals surface area contributed by atoms with Gasteiger partial charge in [0.15, 0.2) is 0 Å². The molecule has 0 unspecified atom stereocenters. The Bertz CT molecular complexity index is 299. The fourth-order valence-corrected chi connectivity index (χ4v) is 1.74. The van der Waals surface area contributed by atoms with E-state index in [1.165, 1.54) is 0 Å². The Hall–Kier alpha value is -1.27. The minimum atomic E-state index is -0.498. The number of rotatable bonds is 5. The Balaban J connectivity index is 2.10. The summed E-state index contributed by atoms with van der Waals surface area (Å²) in [5.41, 5.74) is 11.4. The zero-order chi connectivity index (χ0) is 10.4. The topological polar surface area (TPSA) is 93.2 Å². The van der Waals surface area contributed by atoms with Crippen LogP contribution in [0.4, 0.5) is 10.5 Å². The Morgan fingerprint density at radius 2 is 2.29 bits per heavy atom. The molecule has 0 atom stereocenters.